The molecule has 1 N–H and O–H groups in total. The highest BCUT2D eigenvalue weighted by Gasteiger charge is 2.16. The molecule has 0 unspecified atom stereocenters. The summed E-state index contributed by atoms with van der Waals surface area (Å²) in [5, 5.41) is 9.31. The Hall–Kier alpha value is -1.62. The van der Waals surface area contributed by atoms with Crippen LogP contribution in [-0.2, 0) is 11.2 Å². The molecule has 0 aliphatic heterocycles. The fraction of sp³-hybridized carbons (Fsp3) is 0.0909. The summed E-state index contributed by atoms with van der Waals surface area (Å²) in [6.45, 7) is 0. The van der Waals surface area contributed by atoms with Gasteiger partial charge < -0.3 is 9.52 Å². The van der Waals surface area contributed by atoms with E-state index in [0.29, 0.717) is 22.8 Å². The minimum atomic E-state index is -1.03. The summed E-state index contributed by atoms with van der Waals surface area (Å²) in [5.41, 5.74) is 0.820. The van der Waals surface area contributed by atoms with Gasteiger partial charge in [-0.15, -0.1) is 0 Å². The zero-order valence-electron chi connectivity index (χ0n) is 8.07. The summed E-state index contributed by atoms with van der Waals surface area (Å²) in [5.74, 6) is -0.836. The van der Waals surface area contributed by atoms with Gasteiger partial charge in [0.1, 0.15) is 17.8 Å². The van der Waals surface area contributed by atoms with Crippen molar-refractivity contribution in [1.82, 2.24) is 0 Å². The van der Waals surface area contributed by atoms with Gasteiger partial charge in [0.05, 0.1) is 5.56 Å². The third kappa shape index (κ3) is 1.86. The molecule has 0 radical (unpaired) electrons. The van der Waals surface area contributed by atoms with Crippen LogP contribution in [0.1, 0.15) is 16.1 Å². The van der Waals surface area contributed by atoms with Gasteiger partial charge in [-0.3, -0.25) is 9.59 Å². The van der Waals surface area contributed by atoms with E-state index in [2.05, 4.69) is 15.9 Å². The highest BCUT2D eigenvalue weighted by Crippen LogP contribution is 2.27. The monoisotopic (exact) mass is 282 g/mol. The molecule has 0 aliphatic rings. The number of halogens is 1. The fourth-order valence-corrected chi connectivity index (χ4v) is 1.90. The summed E-state index contributed by atoms with van der Waals surface area (Å²) in [7, 11) is 0. The predicted octanol–water partition coefficient (Wildman–Crippen LogP) is 2.63. The van der Waals surface area contributed by atoms with Crippen molar-refractivity contribution in [2.24, 2.45) is 0 Å². The number of fused-ring (bicyclic) bond motifs is 1. The molecule has 0 fully saturated rings. The zero-order chi connectivity index (χ0) is 11.7. The van der Waals surface area contributed by atoms with Crippen molar-refractivity contribution in [3.8, 4) is 0 Å². The minimum Gasteiger partial charge on any atom is -0.481 e. The van der Waals surface area contributed by atoms with Crippen LogP contribution in [0.25, 0.3) is 11.0 Å². The maximum absolute atomic E-state index is 10.9. The van der Waals surface area contributed by atoms with Crippen LogP contribution in [0, 0.1) is 0 Å². The number of furan rings is 1. The Morgan fingerprint density at radius 2 is 2.25 bits per heavy atom. The van der Waals surface area contributed by atoms with E-state index in [-0.39, 0.29) is 12.2 Å². The summed E-state index contributed by atoms with van der Waals surface area (Å²) in [4.78, 5) is 21.5. The second-order valence-corrected chi connectivity index (χ2v) is 4.18. The lowest BCUT2D eigenvalue weighted by atomic mass is 10.1. The molecule has 4 nitrogen and oxygen atoms in total. The number of rotatable bonds is 3. The first-order valence-electron chi connectivity index (χ1n) is 4.49. The van der Waals surface area contributed by atoms with E-state index in [9.17, 15) is 9.59 Å². The lowest BCUT2D eigenvalue weighted by Crippen LogP contribution is -2.00. The third-order valence-electron chi connectivity index (χ3n) is 2.19. The van der Waals surface area contributed by atoms with E-state index in [4.69, 9.17) is 9.52 Å². The van der Waals surface area contributed by atoms with Gasteiger partial charge in [0, 0.05) is 9.86 Å². The van der Waals surface area contributed by atoms with Crippen molar-refractivity contribution in [2.75, 3.05) is 0 Å². The molecule has 0 atom stereocenters. The lowest BCUT2D eigenvalue weighted by Gasteiger charge is -1.91. The molecule has 0 aliphatic carbocycles. The molecule has 2 rings (SSSR count). The number of hydrogen-bond donors (Lipinski definition) is 1. The first kappa shape index (κ1) is 10.9. The average molecular weight is 283 g/mol. The van der Waals surface area contributed by atoms with Gasteiger partial charge in [-0.25, -0.2) is 0 Å². The van der Waals surface area contributed by atoms with E-state index in [1.807, 2.05) is 0 Å². The number of carbonyl (C=O) groups is 2. The van der Waals surface area contributed by atoms with Gasteiger partial charge in [-0.1, -0.05) is 15.9 Å². The Balaban J connectivity index is 2.66. The largest absolute Gasteiger partial charge is 0.481 e. The first-order valence-corrected chi connectivity index (χ1v) is 5.29. The molecule has 0 amide bonds. The Kier molecular flexibility index (Phi) is 2.78. The zero-order valence-corrected chi connectivity index (χ0v) is 9.65. The second kappa shape index (κ2) is 4.09. The minimum absolute atomic E-state index is 0.190. The van der Waals surface area contributed by atoms with Gasteiger partial charge >= 0.3 is 5.97 Å². The van der Waals surface area contributed by atoms with Crippen molar-refractivity contribution >= 4 is 39.2 Å². The van der Waals surface area contributed by atoms with Crippen molar-refractivity contribution in [3.63, 3.8) is 0 Å². The molecule has 1 aromatic heterocycles. The Bertz CT molecular complexity index is 571. The molecule has 1 aromatic carbocycles. The van der Waals surface area contributed by atoms with E-state index < -0.39 is 5.97 Å². The molecule has 0 saturated heterocycles. The van der Waals surface area contributed by atoms with Crippen LogP contribution in [-0.4, -0.2) is 17.4 Å². The van der Waals surface area contributed by atoms with Crippen molar-refractivity contribution in [3.05, 3.63) is 34.0 Å². The van der Waals surface area contributed by atoms with Crippen LogP contribution in [0.5, 0.6) is 0 Å². The summed E-state index contributed by atoms with van der Waals surface area (Å²) in [6, 6.07) is 5.19. The molecule has 5 heteroatoms. The van der Waals surface area contributed by atoms with Gasteiger partial charge in [0.2, 0.25) is 0 Å². The second-order valence-electron chi connectivity index (χ2n) is 3.27. The Labute approximate surface area is 99.0 Å². The molecule has 82 valence electrons. The number of aliphatic carboxylic acids is 1. The van der Waals surface area contributed by atoms with E-state index >= 15 is 0 Å². The number of carboxylic acids is 1. The third-order valence-corrected chi connectivity index (χ3v) is 2.69. The molecule has 0 spiro atoms. The van der Waals surface area contributed by atoms with Gasteiger partial charge in [-0.2, -0.15) is 0 Å². The molecule has 2 aromatic rings. The topological polar surface area (TPSA) is 67.5 Å². The van der Waals surface area contributed by atoms with Gasteiger partial charge in [0.25, 0.3) is 0 Å². The maximum Gasteiger partial charge on any atom is 0.311 e. The summed E-state index contributed by atoms with van der Waals surface area (Å²) in [6.07, 6.45) is 0.330. The quantitative estimate of drug-likeness (QED) is 0.879. The Morgan fingerprint density at radius 1 is 1.50 bits per heavy atom. The molecule has 1 heterocycles. The van der Waals surface area contributed by atoms with Crippen molar-refractivity contribution in [1.29, 1.82) is 0 Å². The van der Waals surface area contributed by atoms with Gasteiger partial charge in [-0.05, 0) is 18.2 Å². The van der Waals surface area contributed by atoms with Crippen LogP contribution in [0.15, 0.2) is 27.1 Å². The molecule has 0 saturated carbocycles. The molecule has 0 bridgehead atoms. The number of aldehydes is 1. The van der Waals surface area contributed by atoms with Gasteiger partial charge in [0.15, 0.2) is 6.29 Å². The van der Waals surface area contributed by atoms with Crippen LogP contribution >= 0.6 is 15.9 Å². The molecule has 16 heavy (non-hydrogen) atoms. The molecular weight excluding hydrogens is 276 g/mol. The number of benzene rings is 1. The smallest absolute Gasteiger partial charge is 0.311 e. The highest BCUT2D eigenvalue weighted by molar-refractivity contribution is 9.10. The predicted molar refractivity (Wildman–Crippen MR) is 60.6 cm³/mol. The van der Waals surface area contributed by atoms with Crippen LogP contribution in [0.4, 0.5) is 0 Å². The van der Waals surface area contributed by atoms with E-state index in [1.54, 1.807) is 18.2 Å². The first-order chi connectivity index (χ1) is 7.61. The number of hydrogen-bond acceptors (Lipinski definition) is 3. The summed E-state index contributed by atoms with van der Waals surface area (Å²) < 4.78 is 6.13. The SMILES string of the molecule is O=Cc1c(CC(=O)O)oc2ccc(Br)cc12. The van der Waals surface area contributed by atoms with Crippen LogP contribution < -0.4 is 0 Å². The van der Waals surface area contributed by atoms with Crippen LogP contribution in [0.3, 0.4) is 0 Å². The lowest BCUT2D eigenvalue weighted by molar-refractivity contribution is -0.136. The Morgan fingerprint density at radius 3 is 2.88 bits per heavy atom. The van der Waals surface area contributed by atoms with Crippen LogP contribution in [0.2, 0.25) is 0 Å². The number of carbonyl (C=O) groups excluding carboxylic acids is 1. The molecular formula is C11H7BrO4. The average Bonchev–Trinajstić information content (AvgIpc) is 2.53. The fourth-order valence-electron chi connectivity index (χ4n) is 1.54. The van der Waals surface area contributed by atoms with E-state index in [0.717, 1.165) is 4.47 Å². The van der Waals surface area contributed by atoms with E-state index in [1.165, 1.54) is 0 Å². The standard InChI is InChI=1S/C11H7BrO4/c12-6-1-2-9-7(3-6)8(5-13)10(16-9)4-11(14)15/h1-3,5H,4H2,(H,14,15). The summed E-state index contributed by atoms with van der Waals surface area (Å²) >= 11 is 3.28. The highest BCUT2D eigenvalue weighted by atomic mass is 79.9. The van der Waals surface area contributed by atoms with Crippen molar-refractivity contribution < 1.29 is 19.1 Å². The van der Waals surface area contributed by atoms with Crippen molar-refractivity contribution in [2.45, 2.75) is 6.42 Å². The number of carboxylic acid groups (broad SMARTS) is 1. The maximum atomic E-state index is 10.9. The normalized spacial score (nSPS) is 10.6.